The van der Waals surface area contributed by atoms with Crippen molar-refractivity contribution in [1.82, 2.24) is 5.32 Å². The molecule has 102 valence electrons. The first-order valence-electron chi connectivity index (χ1n) is 5.80. The molecule has 1 saturated heterocycles. The van der Waals surface area contributed by atoms with Gasteiger partial charge in [0.1, 0.15) is 0 Å². The smallest absolute Gasteiger partial charge is 0.227 e. The molecule has 1 heterocycles. The topological polar surface area (TPSA) is 64.4 Å². The summed E-state index contributed by atoms with van der Waals surface area (Å²) in [5, 5.41) is 2.99. The molecule has 1 rings (SSSR count). The zero-order valence-electron chi connectivity index (χ0n) is 10.4. The largest absolute Gasteiger partial charge is 0.381 e. The number of halogens is 1. The first-order valence-corrected chi connectivity index (χ1v) is 7.19. The lowest BCUT2D eigenvalue weighted by molar-refractivity contribution is -0.135. The molecule has 3 N–H and O–H groups in total. The molecule has 0 saturated carbocycles. The normalized spacial score (nSPS) is 18.2. The van der Waals surface area contributed by atoms with E-state index in [9.17, 15) is 4.79 Å². The minimum atomic E-state index is -0.377. The number of carbonyl (C=O) groups excluding carboxylic acids is 1. The van der Waals surface area contributed by atoms with Crippen LogP contribution in [-0.4, -0.2) is 44.2 Å². The van der Waals surface area contributed by atoms with E-state index in [1.807, 2.05) is 0 Å². The predicted molar refractivity (Wildman–Crippen MR) is 74.8 cm³/mol. The van der Waals surface area contributed by atoms with E-state index in [1.54, 1.807) is 11.8 Å². The Balaban J connectivity index is 0.00000256. The maximum atomic E-state index is 12.1. The maximum Gasteiger partial charge on any atom is 0.227 e. The zero-order chi connectivity index (χ0) is 11.9. The third kappa shape index (κ3) is 5.04. The number of nitrogens with one attached hydrogen (secondary N) is 1. The van der Waals surface area contributed by atoms with Crippen LogP contribution in [-0.2, 0) is 9.53 Å². The molecule has 0 bridgehead atoms. The molecule has 0 aromatic rings. The molecule has 1 amide bonds. The van der Waals surface area contributed by atoms with E-state index in [0.717, 1.165) is 31.6 Å². The number of nitrogens with two attached hydrogens (primary N) is 1. The van der Waals surface area contributed by atoms with Crippen LogP contribution in [0.3, 0.4) is 0 Å². The summed E-state index contributed by atoms with van der Waals surface area (Å²) in [6.07, 6.45) is 4.58. The summed E-state index contributed by atoms with van der Waals surface area (Å²) in [6.45, 7) is 2.47. The van der Waals surface area contributed by atoms with Gasteiger partial charge in [-0.2, -0.15) is 11.8 Å². The van der Waals surface area contributed by atoms with Crippen LogP contribution in [0.5, 0.6) is 0 Å². The first kappa shape index (κ1) is 17.0. The highest BCUT2D eigenvalue weighted by Crippen LogP contribution is 2.29. The highest BCUT2D eigenvalue weighted by molar-refractivity contribution is 7.98. The van der Waals surface area contributed by atoms with Gasteiger partial charge in [0, 0.05) is 26.3 Å². The molecule has 6 heteroatoms. The van der Waals surface area contributed by atoms with Crippen molar-refractivity contribution in [3.05, 3.63) is 0 Å². The van der Waals surface area contributed by atoms with E-state index < -0.39 is 0 Å². The Bertz CT molecular complexity index is 224. The fourth-order valence-corrected chi connectivity index (χ4v) is 2.32. The van der Waals surface area contributed by atoms with Crippen LogP contribution in [0, 0.1) is 5.41 Å². The van der Waals surface area contributed by atoms with Gasteiger partial charge in [0.2, 0.25) is 5.91 Å². The van der Waals surface area contributed by atoms with E-state index in [-0.39, 0.29) is 23.7 Å². The highest BCUT2D eigenvalue weighted by Gasteiger charge is 2.38. The molecule has 0 unspecified atom stereocenters. The molecule has 1 aliphatic heterocycles. The van der Waals surface area contributed by atoms with Crippen LogP contribution in [0.2, 0.25) is 0 Å². The van der Waals surface area contributed by atoms with Crippen molar-refractivity contribution < 1.29 is 9.53 Å². The Morgan fingerprint density at radius 2 is 2.12 bits per heavy atom. The van der Waals surface area contributed by atoms with Gasteiger partial charge in [0.15, 0.2) is 0 Å². The van der Waals surface area contributed by atoms with Crippen LogP contribution >= 0.6 is 24.2 Å². The summed E-state index contributed by atoms with van der Waals surface area (Å²) in [6, 6.07) is 0. The van der Waals surface area contributed by atoms with Crippen molar-refractivity contribution in [3.8, 4) is 0 Å². The molecule has 1 aliphatic rings. The molecule has 4 nitrogen and oxygen atoms in total. The Labute approximate surface area is 114 Å². The lowest BCUT2D eigenvalue weighted by atomic mass is 9.79. The number of hydrogen-bond acceptors (Lipinski definition) is 4. The fourth-order valence-electron chi connectivity index (χ4n) is 1.89. The van der Waals surface area contributed by atoms with Gasteiger partial charge in [-0.1, -0.05) is 0 Å². The molecule has 0 atom stereocenters. The summed E-state index contributed by atoms with van der Waals surface area (Å²) in [7, 11) is 0. The average molecular weight is 283 g/mol. The van der Waals surface area contributed by atoms with Crippen LogP contribution in [0.15, 0.2) is 0 Å². The van der Waals surface area contributed by atoms with Gasteiger partial charge >= 0.3 is 0 Å². The van der Waals surface area contributed by atoms with Gasteiger partial charge < -0.3 is 15.8 Å². The van der Waals surface area contributed by atoms with Gasteiger partial charge in [0.05, 0.1) is 5.41 Å². The summed E-state index contributed by atoms with van der Waals surface area (Å²) >= 11 is 1.80. The van der Waals surface area contributed by atoms with Crippen LogP contribution in [0.25, 0.3) is 0 Å². The second-order valence-corrected chi connectivity index (χ2v) is 5.18. The van der Waals surface area contributed by atoms with Crippen molar-refractivity contribution in [1.29, 1.82) is 0 Å². The van der Waals surface area contributed by atoms with Crippen LogP contribution in [0.1, 0.15) is 19.3 Å². The van der Waals surface area contributed by atoms with E-state index in [1.165, 1.54) is 0 Å². The van der Waals surface area contributed by atoms with Crippen LogP contribution in [0.4, 0.5) is 0 Å². The van der Waals surface area contributed by atoms with Gasteiger partial charge in [0.25, 0.3) is 0 Å². The monoisotopic (exact) mass is 282 g/mol. The molecule has 0 aromatic heterocycles. The van der Waals surface area contributed by atoms with Crippen molar-refractivity contribution in [2.24, 2.45) is 11.1 Å². The summed E-state index contributed by atoms with van der Waals surface area (Å²) in [5.74, 6) is 1.19. The van der Waals surface area contributed by atoms with E-state index in [2.05, 4.69) is 11.6 Å². The van der Waals surface area contributed by atoms with Gasteiger partial charge in [-0.3, -0.25) is 4.79 Å². The van der Waals surface area contributed by atoms with Crippen molar-refractivity contribution >= 4 is 30.1 Å². The SMILES string of the molecule is CSCCCNC(=O)C1(CN)CCOCC1.Cl. The second-order valence-electron chi connectivity index (χ2n) is 4.20. The highest BCUT2D eigenvalue weighted by atomic mass is 35.5. The third-order valence-corrected chi connectivity index (χ3v) is 3.83. The standard InChI is InChI=1S/C11H22N2O2S.ClH/c1-16-8-2-5-13-10(14)11(9-12)3-6-15-7-4-11;/h2-9,12H2,1H3,(H,13,14);1H. The Morgan fingerprint density at radius 3 is 2.65 bits per heavy atom. The molecule has 0 spiro atoms. The number of carbonyl (C=O) groups is 1. The third-order valence-electron chi connectivity index (χ3n) is 3.13. The minimum Gasteiger partial charge on any atom is -0.381 e. The van der Waals surface area contributed by atoms with Crippen molar-refractivity contribution in [3.63, 3.8) is 0 Å². The lowest BCUT2D eigenvalue weighted by Crippen LogP contribution is -2.49. The first-order chi connectivity index (χ1) is 7.75. The molecule has 0 radical (unpaired) electrons. The molecule has 0 aliphatic carbocycles. The van der Waals surface area contributed by atoms with E-state index in [0.29, 0.717) is 19.8 Å². The summed E-state index contributed by atoms with van der Waals surface area (Å²) in [5.41, 5.74) is 5.37. The summed E-state index contributed by atoms with van der Waals surface area (Å²) in [4.78, 5) is 12.1. The van der Waals surface area contributed by atoms with Gasteiger partial charge in [-0.05, 0) is 31.3 Å². The van der Waals surface area contributed by atoms with Gasteiger partial charge in [-0.25, -0.2) is 0 Å². The van der Waals surface area contributed by atoms with E-state index in [4.69, 9.17) is 10.5 Å². The summed E-state index contributed by atoms with van der Waals surface area (Å²) < 4.78 is 5.28. The Kier molecular flexibility index (Phi) is 9.04. The van der Waals surface area contributed by atoms with Crippen molar-refractivity contribution in [2.45, 2.75) is 19.3 Å². The molecular formula is C11H23ClN2O2S. The van der Waals surface area contributed by atoms with Crippen LogP contribution < -0.4 is 11.1 Å². The number of amides is 1. The Hall–Kier alpha value is 0.0300. The number of ether oxygens (including phenoxy) is 1. The maximum absolute atomic E-state index is 12.1. The number of hydrogen-bond donors (Lipinski definition) is 2. The van der Waals surface area contributed by atoms with Crippen molar-refractivity contribution in [2.75, 3.05) is 38.3 Å². The average Bonchev–Trinajstić information content (AvgIpc) is 2.35. The quantitative estimate of drug-likeness (QED) is 0.715. The van der Waals surface area contributed by atoms with E-state index >= 15 is 0 Å². The fraction of sp³-hybridized carbons (Fsp3) is 0.909. The number of rotatable bonds is 6. The molecular weight excluding hydrogens is 260 g/mol. The molecule has 0 aromatic carbocycles. The minimum absolute atomic E-state index is 0. The molecule has 17 heavy (non-hydrogen) atoms. The van der Waals surface area contributed by atoms with Gasteiger partial charge in [-0.15, -0.1) is 12.4 Å². The second kappa shape index (κ2) is 9.03. The number of thioether (sulfide) groups is 1. The Morgan fingerprint density at radius 1 is 1.47 bits per heavy atom. The lowest BCUT2D eigenvalue weighted by Gasteiger charge is -2.34. The predicted octanol–water partition coefficient (Wildman–Crippen LogP) is 1.03. The molecule has 1 fully saturated rings. The zero-order valence-corrected chi connectivity index (χ0v) is 12.0.